The van der Waals surface area contributed by atoms with E-state index in [-0.39, 0.29) is 5.91 Å². The van der Waals surface area contributed by atoms with Crippen LogP contribution in [0.25, 0.3) is 0 Å². The molecule has 0 aromatic heterocycles. The van der Waals surface area contributed by atoms with Gasteiger partial charge in [0.05, 0.1) is 0 Å². The van der Waals surface area contributed by atoms with Crippen molar-refractivity contribution in [3.05, 3.63) is 29.3 Å². The molecule has 0 unspecified atom stereocenters. The van der Waals surface area contributed by atoms with Crippen molar-refractivity contribution in [1.29, 1.82) is 0 Å². The minimum absolute atomic E-state index is 0.242. The Balaban J connectivity index is 2.14. The lowest BCUT2D eigenvalue weighted by Gasteiger charge is -2.31. The third-order valence-electron chi connectivity index (χ3n) is 3.49. The van der Waals surface area contributed by atoms with Gasteiger partial charge in [-0.1, -0.05) is 25.1 Å². The van der Waals surface area contributed by atoms with Crippen LogP contribution in [0, 0.1) is 6.92 Å². The van der Waals surface area contributed by atoms with E-state index in [2.05, 4.69) is 37.4 Å². The summed E-state index contributed by atoms with van der Waals surface area (Å²) in [6, 6.07) is 6.32. The average Bonchev–Trinajstić information content (AvgIpc) is 2.38. The summed E-state index contributed by atoms with van der Waals surface area (Å²) in [5.74, 6) is 0.242. The predicted octanol–water partition coefficient (Wildman–Crippen LogP) is 2.27. The molecule has 18 heavy (non-hydrogen) atoms. The van der Waals surface area contributed by atoms with Crippen molar-refractivity contribution in [2.45, 2.75) is 33.1 Å². The third kappa shape index (κ3) is 2.72. The molecule has 0 saturated heterocycles. The first-order valence-electron chi connectivity index (χ1n) is 6.83. The van der Waals surface area contributed by atoms with Crippen molar-refractivity contribution in [2.24, 2.45) is 0 Å². The smallest absolute Gasteiger partial charge is 0.228 e. The summed E-state index contributed by atoms with van der Waals surface area (Å²) >= 11 is 0. The number of anilines is 1. The zero-order valence-electron chi connectivity index (χ0n) is 11.3. The monoisotopic (exact) mass is 246 g/mol. The average molecular weight is 246 g/mol. The fourth-order valence-corrected chi connectivity index (χ4v) is 2.60. The van der Waals surface area contributed by atoms with Gasteiger partial charge in [0.1, 0.15) is 0 Å². The van der Waals surface area contributed by atoms with Crippen molar-refractivity contribution in [1.82, 2.24) is 5.32 Å². The van der Waals surface area contributed by atoms with Gasteiger partial charge in [0.15, 0.2) is 0 Å². The van der Waals surface area contributed by atoms with Crippen molar-refractivity contribution in [2.75, 3.05) is 24.5 Å². The maximum Gasteiger partial charge on any atom is 0.228 e. The van der Waals surface area contributed by atoms with Gasteiger partial charge in [-0.3, -0.25) is 4.79 Å². The molecule has 1 N–H and O–H groups in total. The van der Waals surface area contributed by atoms with Crippen LogP contribution in [0.4, 0.5) is 5.69 Å². The fourth-order valence-electron chi connectivity index (χ4n) is 2.60. The standard InChI is InChI=1S/C15H22N2O/c1-3-16-10-9-14(18)17-11-5-8-13-7-4-6-12(2)15(13)17/h4,6-7,16H,3,5,8-11H2,1-2H3. The molecule has 0 saturated carbocycles. The van der Waals surface area contributed by atoms with Crippen LogP contribution in [-0.4, -0.2) is 25.5 Å². The Kier molecular flexibility index (Phi) is 4.37. The second-order valence-corrected chi connectivity index (χ2v) is 4.84. The molecule has 0 bridgehead atoms. The molecular formula is C15H22N2O. The molecule has 1 heterocycles. The van der Waals surface area contributed by atoms with E-state index >= 15 is 0 Å². The Morgan fingerprint density at radius 2 is 2.28 bits per heavy atom. The van der Waals surface area contributed by atoms with Crippen LogP contribution in [-0.2, 0) is 11.2 Å². The Labute approximate surface area is 109 Å². The Hall–Kier alpha value is -1.35. The number of amides is 1. The number of carbonyl (C=O) groups excluding carboxylic acids is 1. The van der Waals surface area contributed by atoms with E-state index in [1.807, 2.05) is 4.90 Å². The number of fused-ring (bicyclic) bond motifs is 1. The molecule has 2 rings (SSSR count). The van der Waals surface area contributed by atoms with Crippen LogP contribution in [0.1, 0.15) is 30.9 Å². The molecule has 0 fully saturated rings. The van der Waals surface area contributed by atoms with Gasteiger partial charge < -0.3 is 10.2 Å². The third-order valence-corrected chi connectivity index (χ3v) is 3.49. The molecule has 1 aromatic rings. The minimum atomic E-state index is 0.242. The van der Waals surface area contributed by atoms with E-state index in [1.165, 1.54) is 11.1 Å². The predicted molar refractivity (Wildman–Crippen MR) is 75.0 cm³/mol. The normalized spacial score (nSPS) is 14.4. The first-order valence-corrected chi connectivity index (χ1v) is 6.83. The number of rotatable bonds is 4. The zero-order chi connectivity index (χ0) is 13.0. The first kappa shape index (κ1) is 13.1. The van der Waals surface area contributed by atoms with Gasteiger partial charge in [0.25, 0.3) is 0 Å². The van der Waals surface area contributed by atoms with Gasteiger partial charge in [-0.15, -0.1) is 0 Å². The van der Waals surface area contributed by atoms with Crippen molar-refractivity contribution < 1.29 is 4.79 Å². The highest BCUT2D eigenvalue weighted by Crippen LogP contribution is 2.30. The highest BCUT2D eigenvalue weighted by Gasteiger charge is 2.23. The topological polar surface area (TPSA) is 32.3 Å². The quantitative estimate of drug-likeness (QED) is 0.827. The number of carbonyl (C=O) groups is 1. The largest absolute Gasteiger partial charge is 0.316 e. The van der Waals surface area contributed by atoms with E-state index in [0.717, 1.165) is 38.2 Å². The van der Waals surface area contributed by atoms with Gasteiger partial charge in [0, 0.05) is 25.2 Å². The second-order valence-electron chi connectivity index (χ2n) is 4.84. The van der Waals surface area contributed by atoms with Gasteiger partial charge >= 0.3 is 0 Å². The van der Waals surface area contributed by atoms with Crippen LogP contribution in [0.5, 0.6) is 0 Å². The van der Waals surface area contributed by atoms with Gasteiger partial charge in [-0.25, -0.2) is 0 Å². The Bertz CT molecular complexity index is 429. The van der Waals surface area contributed by atoms with Gasteiger partial charge in [-0.05, 0) is 37.4 Å². The number of nitrogens with zero attached hydrogens (tertiary/aromatic N) is 1. The maximum absolute atomic E-state index is 12.3. The summed E-state index contributed by atoms with van der Waals surface area (Å²) in [6.07, 6.45) is 2.75. The summed E-state index contributed by atoms with van der Waals surface area (Å²) in [5, 5.41) is 3.21. The zero-order valence-corrected chi connectivity index (χ0v) is 11.3. The molecule has 1 aliphatic heterocycles. The summed E-state index contributed by atoms with van der Waals surface area (Å²) in [4.78, 5) is 14.3. The number of nitrogens with one attached hydrogen (secondary N) is 1. The maximum atomic E-state index is 12.3. The Morgan fingerprint density at radius 1 is 1.44 bits per heavy atom. The van der Waals surface area contributed by atoms with Crippen molar-refractivity contribution in [3.63, 3.8) is 0 Å². The van der Waals surface area contributed by atoms with E-state index in [4.69, 9.17) is 0 Å². The van der Waals surface area contributed by atoms with E-state index in [1.54, 1.807) is 0 Å². The molecule has 0 spiro atoms. The summed E-state index contributed by atoms with van der Waals surface area (Å²) in [7, 11) is 0. The summed E-state index contributed by atoms with van der Waals surface area (Å²) in [5.41, 5.74) is 3.69. The number of hydrogen-bond donors (Lipinski definition) is 1. The SMILES string of the molecule is CCNCCC(=O)N1CCCc2cccc(C)c21. The van der Waals surface area contributed by atoms with Crippen LogP contribution in [0.2, 0.25) is 0 Å². The number of aryl methyl sites for hydroxylation is 2. The molecule has 0 radical (unpaired) electrons. The molecule has 3 nitrogen and oxygen atoms in total. The van der Waals surface area contributed by atoms with Crippen LogP contribution in [0.15, 0.2) is 18.2 Å². The number of para-hydroxylation sites is 1. The minimum Gasteiger partial charge on any atom is -0.316 e. The van der Waals surface area contributed by atoms with Crippen LogP contribution < -0.4 is 10.2 Å². The van der Waals surface area contributed by atoms with E-state index in [0.29, 0.717) is 6.42 Å². The van der Waals surface area contributed by atoms with Gasteiger partial charge in [-0.2, -0.15) is 0 Å². The molecule has 1 amide bonds. The molecule has 1 aromatic carbocycles. The summed E-state index contributed by atoms with van der Waals surface area (Å²) < 4.78 is 0. The van der Waals surface area contributed by atoms with Crippen LogP contribution in [0.3, 0.4) is 0 Å². The molecule has 0 aliphatic carbocycles. The number of benzene rings is 1. The molecule has 3 heteroatoms. The van der Waals surface area contributed by atoms with Crippen molar-refractivity contribution in [3.8, 4) is 0 Å². The second kappa shape index (κ2) is 6.01. The Morgan fingerprint density at radius 3 is 3.06 bits per heavy atom. The first-order chi connectivity index (χ1) is 8.74. The highest BCUT2D eigenvalue weighted by atomic mass is 16.2. The fraction of sp³-hybridized carbons (Fsp3) is 0.533. The number of hydrogen-bond acceptors (Lipinski definition) is 2. The van der Waals surface area contributed by atoms with Crippen LogP contribution >= 0.6 is 0 Å². The van der Waals surface area contributed by atoms with Crippen molar-refractivity contribution >= 4 is 11.6 Å². The lowest BCUT2D eigenvalue weighted by Crippen LogP contribution is -2.37. The lowest BCUT2D eigenvalue weighted by molar-refractivity contribution is -0.118. The lowest BCUT2D eigenvalue weighted by atomic mass is 9.98. The molecule has 98 valence electrons. The molecule has 1 aliphatic rings. The summed E-state index contributed by atoms with van der Waals surface area (Å²) in [6.45, 7) is 6.71. The van der Waals surface area contributed by atoms with E-state index < -0.39 is 0 Å². The molecular weight excluding hydrogens is 224 g/mol. The molecule has 0 atom stereocenters. The van der Waals surface area contributed by atoms with Gasteiger partial charge in [0.2, 0.25) is 5.91 Å². The van der Waals surface area contributed by atoms with E-state index in [9.17, 15) is 4.79 Å². The highest BCUT2D eigenvalue weighted by molar-refractivity contribution is 5.95.